The molecule has 2 N–H and O–H groups in total. The van der Waals surface area contributed by atoms with E-state index in [4.69, 9.17) is 0 Å². The first-order chi connectivity index (χ1) is 9.70. The molecule has 1 aromatic rings. The van der Waals surface area contributed by atoms with Crippen molar-refractivity contribution in [3.05, 3.63) is 35.6 Å². The van der Waals surface area contributed by atoms with E-state index in [1.54, 1.807) is 12.1 Å². The summed E-state index contributed by atoms with van der Waals surface area (Å²) < 4.78 is 13.7. The Bertz CT molecular complexity index is 493. The molecule has 0 atom stereocenters. The van der Waals surface area contributed by atoms with Gasteiger partial charge in [-0.25, -0.2) is 4.39 Å². The Morgan fingerprint density at radius 2 is 2.00 bits per heavy atom. The molecule has 0 aromatic heterocycles. The molecule has 4 heteroatoms. The maximum absolute atomic E-state index is 13.7. The first kappa shape index (κ1) is 13.6. The van der Waals surface area contributed by atoms with E-state index in [0.717, 1.165) is 38.8 Å². The molecule has 3 nitrogen and oxygen atoms in total. The monoisotopic (exact) mass is 276 g/mol. The lowest BCUT2D eigenvalue weighted by molar-refractivity contribution is -0.127. The van der Waals surface area contributed by atoms with Crippen LogP contribution in [0.2, 0.25) is 0 Å². The summed E-state index contributed by atoms with van der Waals surface area (Å²) >= 11 is 0. The standard InChI is InChI=1S/C16H21FN2O/c17-14-4-2-1-3-12(14)11-16(7-8-16)15(20)19-13-5-9-18-10-6-13/h1-4,13,18H,5-11H2,(H,19,20). The van der Waals surface area contributed by atoms with Crippen molar-refractivity contribution >= 4 is 5.91 Å². The number of hydrogen-bond donors (Lipinski definition) is 2. The van der Waals surface area contributed by atoms with Gasteiger partial charge >= 0.3 is 0 Å². The second-order valence-electron chi connectivity index (χ2n) is 6.05. The Balaban J connectivity index is 1.63. The molecule has 0 unspecified atom stereocenters. The third-order valence-electron chi connectivity index (χ3n) is 4.50. The second-order valence-corrected chi connectivity index (χ2v) is 6.05. The maximum Gasteiger partial charge on any atom is 0.226 e. The summed E-state index contributed by atoms with van der Waals surface area (Å²) in [5.41, 5.74) is 0.304. The summed E-state index contributed by atoms with van der Waals surface area (Å²) in [6, 6.07) is 7.05. The minimum atomic E-state index is -0.354. The number of hydrogen-bond acceptors (Lipinski definition) is 2. The molecule has 2 fully saturated rings. The van der Waals surface area contributed by atoms with Crippen LogP contribution >= 0.6 is 0 Å². The van der Waals surface area contributed by atoms with E-state index in [1.165, 1.54) is 6.07 Å². The van der Waals surface area contributed by atoms with Crippen LogP contribution < -0.4 is 10.6 Å². The van der Waals surface area contributed by atoms with Crippen molar-refractivity contribution in [2.75, 3.05) is 13.1 Å². The number of halogens is 1. The van der Waals surface area contributed by atoms with E-state index in [0.29, 0.717) is 12.0 Å². The quantitative estimate of drug-likeness (QED) is 0.883. The lowest BCUT2D eigenvalue weighted by Gasteiger charge is -2.26. The van der Waals surface area contributed by atoms with Crippen molar-refractivity contribution in [3.8, 4) is 0 Å². The van der Waals surface area contributed by atoms with E-state index in [9.17, 15) is 9.18 Å². The zero-order valence-electron chi connectivity index (χ0n) is 11.6. The van der Waals surface area contributed by atoms with Crippen LogP contribution in [0, 0.1) is 11.2 Å². The molecule has 1 heterocycles. The molecule has 2 aliphatic rings. The van der Waals surface area contributed by atoms with Gasteiger partial charge in [0.15, 0.2) is 0 Å². The largest absolute Gasteiger partial charge is 0.353 e. The van der Waals surface area contributed by atoms with Gasteiger partial charge in [0.05, 0.1) is 5.41 Å². The lowest BCUT2D eigenvalue weighted by atomic mass is 9.94. The van der Waals surface area contributed by atoms with Crippen molar-refractivity contribution in [2.24, 2.45) is 5.41 Å². The first-order valence-corrected chi connectivity index (χ1v) is 7.45. The van der Waals surface area contributed by atoms with Gasteiger partial charge < -0.3 is 10.6 Å². The van der Waals surface area contributed by atoms with Gasteiger partial charge in [0.1, 0.15) is 5.82 Å². The fourth-order valence-electron chi connectivity index (χ4n) is 2.95. The number of rotatable bonds is 4. The normalized spacial score (nSPS) is 21.4. The Hall–Kier alpha value is -1.42. The average Bonchev–Trinajstić information content (AvgIpc) is 3.24. The van der Waals surface area contributed by atoms with Crippen LogP contribution in [-0.4, -0.2) is 25.0 Å². The third kappa shape index (κ3) is 2.85. The van der Waals surface area contributed by atoms with E-state index in [1.807, 2.05) is 6.07 Å². The van der Waals surface area contributed by atoms with Crippen molar-refractivity contribution in [1.29, 1.82) is 0 Å². The molecule has 0 radical (unpaired) electrons. The van der Waals surface area contributed by atoms with E-state index in [2.05, 4.69) is 10.6 Å². The van der Waals surface area contributed by atoms with Crippen LogP contribution in [0.4, 0.5) is 4.39 Å². The molecule has 3 rings (SSSR count). The minimum Gasteiger partial charge on any atom is -0.353 e. The average molecular weight is 276 g/mol. The number of piperidine rings is 1. The molecule has 108 valence electrons. The summed E-state index contributed by atoms with van der Waals surface area (Å²) in [6.45, 7) is 1.93. The Morgan fingerprint density at radius 1 is 1.30 bits per heavy atom. The zero-order valence-corrected chi connectivity index (χ0v) is 11.6. The molecule has 0 bridgehead atoms. The van der Waals surface area contributed by atoms with Crippen molar-refractivity contribution < 1.29 is 9.18 Å². The summed E-state index contributed by atoms with van der Waals surface area (Å²) in [5, 5.41) is 6.45. The Kier molecular flexibility index (Phi) is 3.74. The van der Waals surface area contributed by atoms with Gasteiger partial charge in [-0.1, -0.05) is 18.2 Å². The lowest BCUT2D eigenvalue weighted by Crippen LogP contribution is -2.45. The zero-order chi connectivity index (χ0) is 14.0. The van der Waals surface area contributed by atoms with Crippen molar-refractivity contribution in [1.82, 2.24) is 10.6 Å². The number of carbonyl (C=O) groups excluding carboxylic acids is 1. The fraction of sp³-hybridized carbons (Fsp3) is 0.562. The number of nitrogens with one attached hydrogen (secondary N) is 2. The van der Waals surface area contributed by atoms with Crippen LogP contribution in [0.5, 0.6) is 0 Å². The Labute approximate surface area is 118 Å². The second kappa shape index (κ2) is 5.52. The van der Waals surface area contributed by atoms with Gasteiger partial charge in [0, 0.05) is 6.04 Å². The van der Waals surface area contributed by atoms with Gasteiger partial charge in [-0.05, 0) is 56.8 Å². The highest BCUT2D eigenvalue weighted by Gasteiger charge is 2.50. The molecule has 1 saturated carbocycles. The molecular weight excluding hydrogens is 255 g/mol. The van der Waals surface area contributed by atoms with Gasteiger partial charge in [-0.15, -0.1) is 0 Å². The molecule has 1 saturated heterocycles. The highest BCUT2D eigenvalue weighted by atomic mass is 19.1. The first-order valence-electron chi connectivity index (χ1n) is 7.45. The van der Waals surface area contributed by atoms with Gasteiger partial charge in [-0.3, -0.25) is 4.79 Å². The maximum atomic E-state index is 13.7. The topological polar surface area (TPSA) is 41.1 Å². The van der Waals surface area contributed by atoms with Crippen LogP contribution in [0.3, 0.4) is 0 Å². The molecule has 1 aliphatic heterocycles. The molecule has 20 heavy (non-hydrogen) atoms. The van der Waals surface area contributed by atoms with Gasteiger partial charge in [0.2, 0.25) is 5.91 Å². The van der Waals surface area contributed by atoms with Gasteiger partial charge in [0.25, 0.3) is 0 Å². The van der Waals surface area contributed by atoms with E-state index in [-0.39, 0.29) is 23.2 Å². The van der Waals surface area contributed by atoms with Crippen LogP contribution in [0.15, 0.2) is 24.3 Å². The van der Waals surface area contributed by atoms with Gasteiger partial charge in [-0.2, -0.15) is 0 Å². The van der Waals surface area contributed by atoms with E-state index >= 15 is 0 Å². The molecule has 0 spiro atoms. The molecular formula is C16H21FN2O. The highest BCUT2D eigenvalue weighted by molar-refractivity contribution is 5.85. The summed E-state index contributed by atoms with van der Waals surface area (Å²) in [7, 11) is 0. The Morgan fingerprint density at radius 3 is 2.65 bits per heavy atom. The summed E-state index contributed by atoms with van der Waals surface area (Å²) in [5.74, 6) is -0.0823. The SMILES string of the molecule is O=C(NC1CCNCC1)C1(Cc2ccccc2F)CC1. The predicted octanol–water partition coefficient (Wildman–Crippen LogP) is 2.02. The van der Waals surface area contributed by atoms with Crippen LogP contribution in [0.25, 0.3) is 0 Å². The minimum absolute atomic E-state index is 0.118. The number of benzene rings is 1. The van der Waals surface area contributed by atoms with Crippen LogP contribution in [-0.2, 0) is 11.2 Å². The summed E-state index contributed by atoms with van der Waals surface area (Å²) in [6.07, 6.45) is 4.25. The third-order valence-corrected chi connectivity index (χ3v) is 4.50. The van der Waals surface area contributed by atoms with Crippen LogP contribution in [0.1, 0.15) is 31.2 Å². The smallest absolute Gasteiger partial charge is 0.226 e. The van der Waals surface area contributed by atoms with E-state index < -0.39 is 0 Å². The predicted molar refractivity (Wildman–Crippen MR) is 75.8 cm³/mol. The number of carbonyl (C=O) groups is 1. The van der Waals surface area contributed by atoms with Crippen molar-refractivity contribution in [3.63, 3.8) is 0 Å². The molecule has 1 aromatic carbocycles. The highest BCUT2D eigenvalue weighted by Crippen LogP contribution is 2.49. The number of amides is 1. The fourth-order valence-corrected chi connectivity index (χ4v) is 2.95. The molecule has 1 amide bonds. The van der Waals surface area contributed by atoms with Crippen molar-refractivity contribution in [2.45, 2.75) is 38.1 Å². The molecule has 1 aliphatic carbocycles. The summed E-state index contributed by atoms with van der Waals surface area (Å²) in [4.78, 5) is 12.5.